The van der Waals surface area contributed by atoms with Crippen LogP contribution in [0.3, 0.4) is 0 Å². The van der Waals surface area contributed by atoms with Crippen LogP contribution in [0, 0.1) is 0 Å². The average molecular weight is 419 g/mol. The van der Waals surface area contributed by atoms with Crippen molar-refractivity contribution in [2.24, 2.45) is 0 Å². The van der Waals surface area contributed by atoms with E-state index in [0.717, 1.165) is 21.1 Å². The van der Waals surface area contributed by atoms with E-state index in [2.05, 4.69) is 33.0 Å². The highest BCUT2D eigenvalue weighted by molar-refractivity contribution is 7.89. The summed E-state index contributed by atoms with van der Waals surface area (Å²) in [7, 11) is 0.517. The predicted octanol–water partition coefficient (Wildman–Crippen LogP) is 4.44. The third kappa shape index (κ3) is 4.79. The molecule has 1 amide bonds. The van der Waals surface area contributed by atoms with Gasteiger partial charge < -0.3 is 10.1 Å². The van der Waals surface area contributed by atoms with Gasteiger partial charge in [0.2, 0.25) is 10.0 Å². The number of hydrogen-bond donors (Lipinski definition) is 1. The molecule has 2 aromatic rings. The Morgan fingerprint density at radius 2 is 1.55 bits per heavy atom. The van der Waals surface area contributed by atoms with Gasteiger partial charge in [-0.05, 0) is 41.2 Å². The van der Waals surface area contributed by atoms with Gasteiger partial charge in [-0.1, -0.05) is 45.9 Å². The molecule has 0 fully saturated rings. The number of hydrogen-bond acceptors (Lipinski definition) is 4. The fraction of sp³-hybridized carbons (Fsp3) is 0.409. The molecule has 0 aromatic heterocycles. The zero-order valence-electron chi connectivity index (χ0n) is 18.1. The molecule has 0 bridgehead atoms. The van der Waals surface area contributed by atoms with Crippen LogP contribution in [0.25, 0.3) is 0 Å². The van der Waals surface area contributed by atoms with Crippen molar-refractivity contribution in [2.45, 2.75) is 44.4 Å². The maximum atomic E-state index is 13.1. The zero-order valence-corrected chi connectivity index (χ0v) is 18.9. The summed E-state index contributed by atoms with van der Waals surface area (Å²) >= 11 is 0. The summed E-state index contributed by atoms with van der Waals surface area (Å²) in [5, 5.41) is 3.02. The number of amides is 1. The molecule has 2 aromatic carbocycles. The Bertz CT molecular complexity index is 970. The minimum atomic E-state index is -3.76. The van der Waals surface area contributed by atoms with E-state index in [-0.39, 0.29) is 34.0 Å². The Kier molecular flexibility index (Phi) is 7.08. The second-order valence-corrected chi connectivity index (χ2v) is 9.85. The summed E-state index contributed by atoms with van der Waals surface area (Å²) in [6.45, 7) is 8.29. The number of para-hydroxylation sites is 1. The van der Waals surface area contributed by atoms with Crippen LogP contribution in [0.4, 0.5) is 5.69 Å². The lowest BCUT2D eigenvalue weighted by molar-refractivity contribution is 0.102. The Hall–Kier alpha value is -2.38. The van der Waals surface area contributed by atoms with E-state index in [9.17, 15) is 13.2 Å². The topological polar surface area (TPSA) is 75.7 Å². The lowest BCUT2D eigenvalue weighted by Gasteiger charge is -2.20. The maximum absolute atomic E-state index is 13.1. The van der Waals surface area contributed by atoms with Crippen LogP contribution in [0.5, 0.6) is 5.75 Å². The van der Waals surface area contributed by atoms with E-state index < -0.39 is 10.0 Å². The minimum Gasteiger partial charge on any atom is -0.495 e. The third-order valence-corrected chi connectivity index (χ3v) is 6.63. The molecule has 6 nitrogen and oxygen atoms in total. The number of anilines is 1. The third-order valence-electron chi connectivity index (χ3n) is 4.80. The van der Waals surface area contributed by atoms with E-state index in [0.29, 0.717) is 0 Å². The molecule has 0 unspecified atom stereocenters. The smallest absolute Gasteiger partial charge is 0.255 e. The number of carbonyl (C=O) groups excluding carboxylic acids is 1. The van der Waals surface area contributed by atoms with Gasteiger partial charge >= 0.3 is 0 Å². The summed E-state index contributed by atoms with van der Waals surface area (Å²) < 4.78 is 31.6. The molecule has 29 heavy (non-hydrogen) atoms. The Balaban J connectivity index is 2.53. The van der Waals surface area contributed by atoms with Gasteiger partial charge in [0.05, 0.1) is 7.11 Å². The van der Waals surface area contributed by atoms with Gasteiger partial charge in [-0.3, -0.25) is 4.79 Å². The number of benzene rings is 2. The van der Waals surface area contributed by atoms with Crippen LogP contribution in [0.1, 0.15) is 61.0 Å². The van der Waals surface area contributed by atoms with Crippen molar-refractivity contribution in [1.82, 2.24) is 4.31 Å². The van der Waals surface area contributed by atoms with Crippen molar-refractivity contribution < 1.29 is 17.9 Å². The van der Waals surface area contributed by atoms with Crippen molar-refractivity contribution in [3.8, 4) is 5.75 Å². The number of nitrogens with one attached hydrogen (secondary N) is 1. The Morgan fingerprint density at radius 1 is 1.00 bits per heavy atom. The number of sulfonamides is 1. The molecular formula is C22H30N2O4S. The van der Waals surface area contributed by atoms with Crippen molar-refractivity contribution in [2.75, 3.05) is 26.5 Å². The van der Waals surface area contributed by atoms with Crippen molar-refractivity contribution in [3.05, 3.63) is 53.1 Å². The molecule has 7 heteroatoms. The number of rotatable bonds is 7. The first-order valence-corrected chi connectivity index (χ1v) is 11.0. The summed E-state index contributed by atoms with van der Waals surface area (Å²) in [6.07, 6.45) is 0. The molecule has 0 spiro atoms. The summed E-state index contributed by atoms with van der Waals surface area (Å²) in [5.74, 6) is 0.285. The van der Waals surface area contributed by atoms with Gasteiger partial charge in [-0.25, -0.2) is 12.7 Å². The van der Waals surface area contributed by atoms with Crippen LogP contribution >= 0.6 is 0 Å². The first-order chi connectivity index (χ1) is 13.5. The minimum absolute atomic E-state index is 0.0427. The van der Waals surface area contributed by atoms with Gasteiger partial charge in [-0.2, -0.15) is 0 Å². The molecule has 1 N–H and O–H groups in total. The first kappa shape index (κ1) is 22.9. The fourth-order valence-corrected chi connectivity index (χ4v) is 4.17. The van der Waals surface area contributed by atoms with Crippen molar-refractivity contribution >= 4 is 21.6 Å². The second-order valence-electron chi connectivity index (χ2n) is 7.73. The maximum Gasteiger partial charge on any atom is 0.255 e. The highest BCUT2D eigenvalue weighted by atomic mass is 32.2. The van der Waals surface area contributed by atoms with E-state index in [1.165, 1.54) is 33.3 Å². The molecule has 0 heterocycles. The zero-order chi connectivity index (χ0) is 21.9. The van der Waals surface area contributed by atoms with Crippen LogP contribution in [-0.4, -0.2) is 39.8 Å². The van der Waals surface area contributed by atoms with Crippen molar-refractivity contribution in [3.63, 3.8) is 0 Å². The van der Waals surface area contributed by atoms with Crippen molar-refractivity contribution in [1.29, 1.82) is 0 Å². The largest absolute Gasteiger partial charge is 0.495 e. The summed E-state index contributed by atoms with van der Waals surface area (Å²) in [5.41, 5.74) is 3.12. The first-order valence-electron chi connectivity index (χ1n) is 9.55. The number of carbonyl (C=O) groups is 1. The highest BCUT2D eigenvalue weighted by Crippen LogP contribution is 2.33. The van der Waals surface area contributed by atoms with Crippen LogP contribution < -0.4 is 10.1 Å². The van der Waals surface area contributed by atoms with E-state index in [1.807, 2.05) is 18.2 Å². The molecule has 0 saturated carbocycles. The van der Waals surface area contributed by atoms with Gasteiger partial charge in [0, 0.05) is 25.3 Å². The van der Waals surface area contributed by atoms with Crippen LogP contribution in [-0.2, 0) is 10.0 Å². The molecule has 0 radical (unpaired) electrons. The summed E-state index contributed by atoms with van der Waals surface area (Å²) in [6, 6.07) is 10.4. The lowest BCUT2D eigenvalue weighted by Crippen LogP contribution is -2.23. The molecule has 2 rings (SSSR count). The SMILES string of the molecule is COc1ccc(C(=O)Nc2c(C(C)C)cccc2C(C)C)cc1S(=O)(=O)N(C)C. The second kappa shape index (κ2) is 8.97. The highest BCUT2D eigenvalue weighted by Gasteiger charge is 2.24. The van der Waals surface area contributed by atoms with Gasteiger partial charge in [0.1, 0.15) is 10.6 Å². The predicted molar refractivity (Wildman–Crippen MR) is 116 cm³/mol. The van der Waals surface area contributed by atoms with Crippen LogP contribution in [0.2, 0.25) is 0 Å². The number of nitrogens with zero attached hydrogens (tertiary/aromatic N) is 1. The van der Waals surface area contributed by atoms with E-state index in [4.69, 9.17) is 4.74 Å². The quantitative estimate of drug-likeness (QED) is 0.721. The number of methoxy groups -OCH3 is 1. The van der Waals surface area contributed by atoms with Gasteiger partial charge in [0.25, 0.3) is 5.91 Å². The fourth-order valence-electron chi connectivity index (χ4n) is 3.10. The van der Waals surface area contributed by atoms with E-state index in [1.54, 1.807) is 6.07 Å². The van der Waals surface area contributed by atoms with E-state index >= 15 is 0 Å². The molecule has 0 aliphatic carbocycles. The molecule has 158 valence electrons. The molecule has 0 atom stereocenters. The standard InChI is InChI=1S/C22H30N2O4S/c1-14(2)17-9-8-10-18(15(3)4)21(17)23-22(25)16-11-12-19(28-7)20(13-16)29(26,27)24(5)6/h8-15H,1-7H3,(H,23,25). The molecule has 0 saturated heterocycles. The summed E-state index contributed by atoms with van der Waals surface area (Å²) in [4.78, 5) is 13.0. The average Bonchev–Trinajstić information content (AvgIpc) is 2.66. The molecule has 0 aliphatic heterocycles. The van der Waals surface area contributed by atoms with Gasteiger partial charge in [0.15, 0.2) is 0 Å². The number of ether oxygens (including phenoxy) is 1. The monoisotopic (exact) mass is 418 g/mol. The normalized spacial score (nSPS) is 11.9. The molecule has 0 aliphatic rings. The molecular weight excluding hydrogens is 388 g/mol. The lowest BCUT2D eigenvalue weighted by atomic mass is 9.92. The van der Waals surface area contributed by atoms with Gasteiger partial charge in [-0.15, -0.1) is 0 Å². The van der Waals surface area contributed by atoms with Crippen LogP contribution in [0.15, 0.2) is 41.3 Å². The Morgan fingerprint density at radius 3 is 2.00 bits per heavy atom. The Labute approximate surface area is 173 Å².